The number of aromatic nitrogens is 1. The number of methoxy groups -OCH3 is 1. The summed E-state index contributed by atoms with van der Waals surface area (Å²) in [5.41, 5.74) is 2.58. The second kappa shape index (κ2) is 8.16. The summed E-state index contributed by atoms with van der Waals surface area (Å²) < 4.78 is 5.13. The molecule has 1 heterocycles. The number of ether oxygens (including phenoxy) is 1. The van der Waals surface area contributed by atoms with Gasteiger partial charge in [0.15, 0.2) is 0 Å². The molecule has 5 nitrogen and oxygen atoms in total. The molecule has 0 unspecified atom stereocenters. The molecule has 0 fully saturated rings. The van der Waals surface area contributed by atoms with Gasteiger partial charge in [-0.2, -0.15) is 0 Å². The highest BCUT2D eigenvalue weighted by Gasteiger charge is 2.10. The van der Waals surface area contributed by atoms with Gasteiger partial charge in [-0.15, -0.1) is 0 Å². The lowest BCUT2D eigenvalue weighted by atomic mass is 10.1. The van der Waals surface area contributed by atoms with Crippen LogP contribution in [0.4, 0.5) is 0 Å². The van der Waals surface area contributed by atoms with Gasteiger partial charge in [0.25, 0.3) is 11.5 Å². The fraction of sp³-hybridized carbons (Fsp3) is 0.143. The van der Waals surface area contributed by atoms with Crippen LogP contribution in [0.25, 0.3) is 11.1 Å². The molecule has 0 saturated carbocycles. The smallest absolute Gasteiger partial charge is 0.255 e. The summed E-state index contributed by atoms with van der Waals surface area (Å²) in [6.45, 7) is 0.505. The summed E-state index contributed by atoms with van der Waals surface area (Å²) in [5, 5.41) is 2.88. The van der Waals surface area contributed by atoms with E-state index in [4.69, 9.17) is 4.74 Å². The number of benzene rings is 2. The molecule has 0 aliphatic heterocycles. The van der Waals surface area contributed by atoms with Crippen LogP contribution in [0.15, 0.2) is 71.7 Å². The minimum atomic E-state index is -0.217. The number of rotatable bonds is 6. The van der Waals surface area contributed by atoms with E-state index in [0.717, 1.165) is 16.9 Å². The zero-order valence-corrected chi connectivity index (χ0v) is 14.5. The van der Waals surface area contributed by atoms with E-state index >= 15 is 0 Å². The summed E-state index contributed by atoms with van der Waals surface area (Å²) >= 11 is 0. The van der Waals surface area contributed by atoms with Crippen molar-refractivity contribution in [2.45, 2.75) is 6.42 Å². The van der Waals surface area contributed by atoms with E-state index in [1.165, 1.54) is 6.20 Å². The first-order chi connectivity index (χ1) is 12.7. The monoisotopic (exact) mass is 348 g/mol. The van der Waals surface area contributed by atoms with Crippen molar-refractivity contribution < 1.29 is 9.53 Å². The average molecular weight is 348 g/mol. The van der Waals surface area contributed by atoms with Crippen molar-refractivity contribution in [2.75, 3.05) is 13.7 Å². The van der Waals surface area contributed by atoms with Crippen LogP contribution in [0, 0.1) is 0 Å². The molecule has 3 aromatic rings. The van der Waals surface area contributed by atoms with Crippen molar-refractivity contribution in [3.8, 4) is 16.9 Å². The van der Waals surface area contributed by atoms with Gasteiger partial charge in [0.05, 0.1) is 12.7 Å². The second-order valence-electron chi connectivity index (χ2n) is 5.85. The van der Waals surface area contributed by atoms with Gasteiger partial charge in [0.1, 0.15) is 5.75 Å². The first-order valence-corrected chi connectivity index (χ1v) is 8.36. The molecule has 0 saturated heterocycles. The highest BCUT2D eigenvalue weighted by Crippen LogP contribution is 2.15. The van der Waals surface area contributed by atoms with E-state index in [2.05, 4.69) is 10.3 Å². The predicted molar refractivity (Wildman–Crippen MR) is 102 cm³/mol. The number of H-pyrrole nitrogens is 1. The van der Waals surface area contributed by atoms with Crippen molar-refractivity contribution in [3.05, 3.63) is 88.3 Å². The third kappa shape index (κ3) is 4.19. The quantitative estimate of drug-likeness (QED) is 0.719. The fourth-order valence-corrected chi connectivity index (χ4v) is 2.66. The summed E-state index contributed by atoms with van der Waals surface area (Å²) in [4.78, 5) is 27.1. The lowest BCUT2D eigenvalue weighted by Crippen LogP contribution is -2.26. The summed E-state index contributed by atoms with van der Waals surface area (Å²) in [6, 6.07) is 18.6. The van der Waals surface area contributed by atoms with Crippen LogP contribution in [0.5, 0.6) is 5.75 Å². The van der Waals surface area contributed by atoms with E-state index in [9.17, 15) is 9.59 Å². The standard InChI is InChI=1S/C21H20N2O3/c1-26-18-9-7-15(8-10-18)11-12-22-20(24)17-13-19(21(25)23-14-17)16-5-3-2-4-6-16/h2-10,13-14H,11-12H2,1H3,(H,22,24)(H,23,25). The third-order valence-corrected chi connectivity index (χ3v) is 4.11. The topological polar surface area (TPSA) is 71.2 Å². The molecule has 0 spiro atoms. The SMILES string of the molecule is COc1ccc(CCNC(=O)c2c[nH]c(=O)c(-c3ccccc3)c2)cc1. The van der Waals surface area contributed by atoms with Gasteiger partial charge < -0.3 is 15.0 Å². The molecule has 0 bridgehead atoms. The van der Waals surface area contributed by atoms with Crippen molar-refractivity contribution in [2.24, 2.45) is 0 Å². The second-order valence-corrected chi connectivity index (χ2v) is 5.85. The molecule has 132 valence electrons. The first-order valence-electron chi connectivity index (χ1n) is 8.36. The Hall–Kier alpha value is -3.34. The van der Waals surface area contributed by atoms with Crippen LogP contribution in [-0.4, -0.2) is 24.5 Å². The molecule has 26 heavy (non-hydrogen) atoms. The average Bonchev–Trinajstić information content (AvgIpc) is 2.69. The molecule has 0 atom stereocenters. The number of amides is 1. The zero-order valence-electron chi connectivity index (χ0n) is 14.5. The third-order valence-electron chi connectivity index (χ3n) is 4.11. The number of carbonyl (C=O) groups is 1. The Morgan fingerprint density at radius 2 is 1.81 bits per heavy atom. The number of carbonyl (C=O) groups excluding carboxylic acids is 1. The molecule has 0 radical (unpaired) electrons. The van der Waals surface area contributed by atoms with Gasteiger partial charge >= 0.3 is 0 Å². The summed E-state index contributed by atoms with van der Waals surface area (Å²) in [5.74, 6) is 0.589. The minimum Gasteiger partial charge on any atom is -0.497 e. The molecular formula is C21H20N2O3. The molecular weight excluding hydrogens is 328 g/mol. The molecule has 1 amide bonds. The number of aromatic amines is 1. The fourth-order valence-electron chi connectivity index (χ4n) is 2.66. The van der Waals surface area contributed by atoms with Gasteiger partial charge in [0.2, 0.25) is 0 Å². The van der Waals surface area contributed by atoms with E-state index in [1.54, 1.807) is 13.2 Å². The molecule has 0 aliphatic carbocycles. The maximum Gasteiger partial charge on any atom is 0.255 e. The molecule has 3 rings (SSSR count). The van der Waals surface area contributed by atoms with Crippen LogP contribution < -0.4 is 15.6 Å². The number of pyridine rings is 1. The Labute approximate surface area is 151 Å². The Kier molecular flexibility index (Phi) is 5.49. The lowest BCUT2D eigenvalue weighted by Gasteiger charge is -2.08. The molecule has 2 N–H and O–H groups in total. The normalized spacial score (nSPS) is 10.3. The zero-order chi connectivity index (χ0) is 18.4. The van der Waals surface area contributed by atoms with Crippen LogP contribution in [0.2, 0.25) is 0 Å². The van der Waals surface area contributed by atoms with Gasteiger partial charge in [-0.3, -0.25) is 9.59 Å². The Morgan fingerprint density at radius 1 is 1.08 bits per heavy atom. The van der Waals surface area contributed by atoms with Crippen molar-refractivity contribution in [1.29, 1.82) is 0 Å². The minimum absolute atomic E-state index is 0.216. The Bertz CT molecular complexity index is 931. The molecule has 0 aliphatic rings. The van der Waals surface area contributed by atoms with Gasteiger partial charge in [-0.25, -0.2) is 0 Å². The Balaban J connectivity index is 1.65. The van der Waals surface area contributed by atoms with Crippen LogP contribution in [-0.2, 0) is 6.42 Å². The van der Waals surface area contributed by atoms with Crippen molar-refractivity contribution >= 4 is 5.91 Å². The Morgan fingerprint density at radius 3 is 2.50 bits per heavy atom. The van der Waals surface area contributed by atoms with E-state index in [0.29, 0.717) is 24.1 Å². The van der Waals surface area contributed by atoms with Gasteiger partial charge in [0, 0.05) is 18.3 Å². The number of hydrogen-bond donors (Lipinski definition) is 2. The highest BCUT2D eigenvalue weighted by atomic mass is 16.5. The highest BCUT2D eigenvalue weighted by molar-refractivity contribution is 5.95. The maximum atomic E-state index is 12.4. The summed E-state index contributed by atoms with van der Waals surface area (Å²) in [7, 11) is 1.63. The largest absolute Gasteiger partial charge is 0.497 e. The first kappa shape index (κ1) is 17.5. The maximum absolute atomic E-state index is 12.4. The van der Waals surface area contributed by atoms with E-state index < -0.39 is 0 Å². The predicted octanol–water partition coefficient (Wildman–Crippen LogP) is 3.02. The van der Waals surface area contributed by atoms with E-state index in [1.807, 2.05) is 54.6 Å². The van der Waals surface area contributed by atoms with Crippen LogP contribution in [0.1, 0.15) is 15.9 Å². The number of hydrogen-bond acceptors (Lipinski definition) is 3. The molecule has 2 aromatic carbocycles. The molecule has 5 heteroatoms. The van der Waals surface area contributed by atoms with Crippen LogP contribution in [0.3, 0.4) is 0 Å². The lowest BCUT2D eigenvalue weighted by molar-refractivity contribution is 0.0954. The van der Waals surface area contributed by atoms with Crippen LogP contribution >= 0.6 is 0 Å². The van der Waals surface area contributed by atoms with Gasteiger partial charge in [-0.1, -0.05) is 42.5 Å². The molecule has 1 aromatic heterocycles. The van der Waals surface area contributed by atoms with Gasteiger partial charge in [-0.05, 0) is 35.7 Å². The number of nitrogens with one attached hydrogen (secondary N) is 2. The summed E-state index contributed by atoms with van der Waals surface area (Å²) in [6.07, 6.45) is 2.15. The van der Waals surface area contributed by atoms with E-state index in [-0.39, 0.29) is 11.5 Å². The van der Waals surface area contributed by atoms with Crippen molar-refractivity contribution in [1.82, 2.24) is 10.3 Å². The van der Waals surface area contributed by atoms with Crippen molar-refractivity contribution in [3.63, 3.8) is 0 Å².